The SMILES string of the molecule is Cc1cn(C2CC2)nn1. The Kier molecular flexibility index (Phi) is 0.860. The van der Waals surface area contributed by atoms with E-state index < -0.39 is 0 Å². The van der Waals surface area contributed by atoms with Crippen LogP contribution in [-0.4, -0.2) is 15.0 Å². The van der Waals surface area contributed by atoms with Gasteiger partial charge in [-0.3, -0.25) is 0 Å². The molecule has 0 radical (unpaired) electrons. The van der Waals surface area contributed by atoms with Crippen molar-refractivity contribution in [2.45, 2.75) is 25.8 Å². The van der Waals surface area contributed by atoms with Gasteiger partial charge in [-0.25, -0.2) is 4.68 Å². The van der Waals surface area contributed by atoms with Crippen LogP contribution in [-0.2, 0) is 0 Å². The molecule has 0 spiro atoms. The van der Waals surface area contributed by atoms with Gasteiger partial charge in [0.05, 0.1) is 11.7 Å². The fourth-order valence-electron chi connectivity index (χ4n) is 0.883. The highest BCUT2D eigenvalue weighted by Gasteiger charge is 2.24. The van der Waals surface area contributed by atoms with Gasteiger partial charge in [0.1, 0.15) is 0 Å². The van der Waals surface area contributed by atoms with Crippen LogP contribution in [0, 0.1) is 6.92 Å². The molecule has 0 N–H and O–H groups in total. The van der Waals surface area contributed by atoms with Crippen molar-refractivity contribution < 1.29 is 0 Å². The van der Waals surface area contributed by atoms with Crippen LogP contribution in [0.1, 0.15) is 24.6 Å². The number of rotatable bonds is 1. The molecule has 1 saturated carbocycles. The zero-order chi connectivity index (χ0) is 6.27. The van der Waals surface area contributed by atoms with Gasteiger partial charge in [-0.2, -0.15) is 0 Å². The minimum absolute atomic E-state index is 0.672. The first-order valence-corrected chi connectivity index (χ1v) is 3.25. The van der Waals surface area contributed by atoms with E-state index in [0.717, 1.165) is 5.69 Å². The molecular formula is C6H9N3. The van der Waals surface area contributed by atoms with Gasteiger partial charge in [0.2, 0.25) is 0 Å². The van der Waals surface area contributed by atoms with Crippen LogP contribution >= 0.6 is 0 Å². The highest BCUT2D eigenvalue weighted by Crippen LogP contribution is 2.33. The second-order valence-corrected chi connectivity index (χ2v) is 2.57. The molecule has 48 valence electrons. The predicted molar refractivity (Wildman–Crippen MR) is 33.0 cm³/mol. The normalized spacial score (nSPS) is 18.3. The van der Waals surface area contributed by atoms with Crippen molar-refractivity contribution in [3.63, 3.8) is 0 Å². The summed E-state index contributed by atoms with van der Waals surface area (Å²) in [5, 5.41) is 7.84. The van der Waals surface area contributed by atoms with E-state index in [1.54, 1.807) is 0 Å². The van der Waals surface area contributed by atoms with E-state index in [0.29, 0.717) is 6.04 Å². The number of hydrogen-bond acceptors (Lipinski definition) is 2. The van der Waals surface area contributed by atoms with Crippen LogP contribution in [0.25, 0.3) is 0 Å². The maximum Gasteiger partial charge on any atom is 0.0796 e. The largest absolute Gasteiger partial charge is 0.249 e. The first kappa shape index (κ1) is 4.97. The van der Waals surface area contributed by atoms with Crippen molar-refractivity contribution >= 4 is 0 Å². The van der Waals surface area contributed by atoms with E-state index in [1.807, 2.05) is 17.8 Å². The molecule has 1 fully saturated rings. The summed E-state index contributed by atoms with van der Waals surface area (Å²) in [5.74, 6) is 0. The van der Waals surface area contributed by atoms with Crippen molar-refractivity contribution in [2.24, 2.45) is 0 Å². The highest BCUT2D eigenvalue weighted by molar-refractivity contribution is 4.91. The molecule has 1 aromatic heterocycles. The van der Waals surface area contributed by atoms with Gasteiger partial charge in [-0.05, 0) is 19.8 Å². The number of aryl methyl sites for hydroxylation is 1. The zero-order valence-corrected chi connectivity index (χ0v) is 5.41. The first-order valence-electron chi connectivity index (χ1n) is 3.25. The van der Waals surface area contributed by atoms with Crippen molar-refractivity contribution in [2.75, 3.05) is 0 Å². The molecule has 0 saturated heterocycles. The molecule has 0 unspecified atom stereocenters. The Hall–Kier alpha value is -0.860. The van der Waals surface area contributed by atoms with E-state index in [2.05, 4.69) is 10.3 Å². The lowest BCUT2D eigenvalue weighted by Crippen LogP contribution is -1.92. The van der Waals surface area contributed by atoms with Crippen molar-refractivity contribution in [1.29, 1.82) is 0 Å². The van der Waals surface area contributed by atoms with Crippen LogP contribution < -0.4 is 0 Å². The summed E-state index contributed by atoms with van der Waals surface area (Å²) in [5.41, 5.74) is 1.02. The van der Waals surface area contributed by atoms with Crippen LogP contribution in [0.3, 0.4) is 0 Å². The maximum absolute atomic E-state index is 3.94. The third-order valence-electron chi connectivity index (χ3n) is 1.55. The molecule has 0 bridgehead atoms. The Labute approximate surface area is 53.7 Å². The summed E-state index contributed by atoms with van der Waals surface area (Å²) < 4.78 is 1.95. The number of nitrogens with zero attached hydrogens (tertiary/aromatic N) is 3. The Morgan fingerprint density at radius 2 is 2.44 bits per heavy atom. The molecule has 3 heteroatoms. The Bertz CT molecular complexity index is 212. The standard InChI is InChI=1S/C6H9N3/c1-5-4-9(8-7-5)6-2-3-6/h4,6H,2-3H2,1H3. The first-order chi connectivity index (χ1) is 4.36. The van der Waals surface area contributed by atoms with Gasteiger partial charge < -0.3 is 0 Å². The minimum Gasteiger partial charge on any atom is -0.249 e. The van der Waals surface area contributed by atoms with E-state index in [9.17, 15) is 0 Å². The van der Waals surface area contributed by atoms with E-state index in [1.165, 1.54) is 12.8 Å². The predicted octanol–water partition coefficient (Wildman–Crippen LogP) is 0.921. The van der Waals surface area contributed by atoms with Crippen LogP contribution in [0.2, 0.25) is 0 Å². The molecule has 0 aliphatic heterocycles. The average Bonchev–Trinajstić information content (AvgIpc) is 2.58. The van der Waals surface area contributed by atoms with Gasteiger partial charge >= 0.3 is 0 Å². The molecule has 0 aromatic carbocycles. The van der Waals surface area contributed by atoms with Crippen LogP contribution in [0.15, 0.2) is 6.20 Å². The number of aromatic nitrogens is 3. The quantitative estimate of drug-likeness (QED) is 0.556. The van der Waals surface area contributed by atoms with E-state index in [-0.39, 0.29) is 0 Å². The van der Waals surface area contributed by atoms with Gasteiger partial charge in [-0.15, -0.1) is 5.10 Å². The number of hydrogen-bond donors (Lipinski definition) is 0. The van der Waals surface area contributed by atoms with Crippen LogP contribution in [0.5, 0.6) is 0 Å². The minimum atomic E-state index is 0.672. The summed E-state index contributed by atoms with van der Waals surface area (Å²) in [7, 11) is 0. The van der Waals surface area contributed by atoms with Crippen molar-refractivity contribution in [3.05, 3.63) is 11.9 Å². The lowest BCUT2D eigenvalue weighted by atomic mass is 10.5. The van der Waals surface area contributed by atoms with E-state index in [4.69, 9.17) is 0 Å². The topological polar surface area (TPSA) is 30.7 Å². The lowest BCUT2D eigenvalue weighted by molar-refractivity contribution is 0.610. The average molecular weight is 123 g/mol. The fourth-order valence-corrected chi connectivity index (χ4v) is 0.883. The summed E-state index contributed by atoms with van der Waals surface area (Å²) in [4.78, 5) is 0. The summed E-state index contributed by atoms with van der Waals surface area (Å²) in [6, 6.07) is 0.672. The molecule has 1 heterocycles. The highest BCUT2D eigenvalue weighted by atomic mass is 15.4. The Morgan fingerprint density at radius 3 is 2.89 bits per heavy atom. The Morgan fingerprint density at radius 1 is 1.67 bits per heavy atom. The smallest absolute Gasteiger partial charge is 0.0796 e. The molecule has 0 atom stereocenters. The summed E-state index contributed by atoms with van der Waals surface area (Å²) in [6.07, 6.45) is 4.56. The summed E-state index contributed by atoms with van der Waals surface area (Å²) in [6.45, 7) is 1.96. The van der Waals surface area contributed by atoms with Crippen molar-refractivity contribution in [3.8, 4) is 0 Å². The monoisotopic (exact) mass is 123 g/mol. The molecular weight excluding hydrogens is 114 g/mol. The third-order valence-corrected chi connectivity index (χ3v) is 1.55. The van der Waals surface area contributed by atoms with Gasteiger partial charge in [0, 0.05) is 6.20 Å². The fraction of sp³-hybridized carbons (Fsp3) is 0.667. The maximum atomic E-state index is 3.94. The zero-order valence-electron chi connectivity index (χ0n) is 5.41. The summed E-state index contributed by atoms with van der Waals surface area (Å²) >= 11 is 0. The van der Waals surface area contributed by atoms with E-state index >= 15 is 0 Å². The molecule has 1 aliphatic carbocycles. The van der Waals surface area contributed by atoms with Gasteiger partial charge in [0.15, 0.2) is 0 Å². The Balaban J connectivity index is 2.28. The molecule has 9 heavy (non-hydrogen) atoms. The van der Waals surface area contributed by atoms with Gasteiger partial charge in [0.25, 0.3) is 0 Å². The van der Waals surface area contributed by atoms with Crippen LogP contribution in [0.4, 0.5) is 0 Å². The molecule has 2 rings (SSSR count). The molecule has 3 nitrogen and oxygen atoms in total. The molecule has 0 amide bonds. The second kappa shape index (κ2) is 1.56. The third kappa shape index (κ3) is 0.823. The molecule has 1 aliphatic rings. The van der Waals surface area contributed by atoms with Crippen molar-refractivity contribution in [1.82, 2.24) is 15.0 Å². The van der Waals surface area contributed by atoms with Gasteiger partial charge in [-0.1, -0.05) is 5.21 Å². The second-order valence-electron chi connectivity index (χ2n) is 2.57. The lowest BCUT2D eigenvalue weighted by Gasteiger charge is -1.89. The molecule has 1 aromatic rings.